The molecule has 0 amide bonds. The molecule has 0 saturated carbocycles. The monoisotopic (exact) mass is 283 g/mol. The Kier molecular flexibility index (Phi) is 2.25. The van der Waals surface area contributed by atoms with Gasteiger partial charge in [0.1, 0.15) is 22.5 Å². The SMILES string of the molecule is [c]1c(-c2cc3ccccc3o2)ccc2oc3ccccc3c12. The zero-order valence-electron chi connectivity index (χ0n) is 11.7. The van der Waals surface area contributed by atoms with Gasteiger partial charge in [-0.15, -0.1) is 0 Å². The van der Waals surface area contributed by atoms with E-state index in [-0.39, 0.29) is 0 Å². The van der Waals surface area contributed by atoms with Gasteiger partial charge < -0.3 is 8.83 Å². The number of benzene rings is 3. The molecule has 0 aliphatic heterocycles. The van der Waals surface area contributed by atoms with Crippen molar-refractivity contribution in [2.45, 2.75) is 0 Å². The van der Waals surface area contributed by atoms with Crippen molar-refractivity contribution in [3.63, 3.8) is 0 Å². The highest BCUT2D eigenvalue weighted by Crippen LogP contribution is 2.33. The van der Waals surface area contributed by atoms with Crippen molar-refractivity contribution in [3.8, 4) is 11.3 Å². The molecule has 2 aromatic heterocycles. The van der Waals surface area contributed by atoms with Gasteiger partial charge >= 0.3 is 0 Å². The maximum atomic E-state index is 5.93. The first-order valence-electron chi connectivity index (χ1n) is 7.21. The lowest BCUT2D eigenvalue weighted by Crippen LogP contribution is -1.74. The summed E-state index contributed by atoms with van der Waals surface area (Å²) in [5.74, 6) is 0.827. The minimum Gasteiger partial charge on any atom is -0.456 e. The molecule has 2 heteroatoms. The predicted octanol–water partition coefficient (Wildman–Crippen LogP) is 5.80. The number of fused-ring (bicyclic) bond motifs is 4. The second-order valence-corrected chi connectivity index (χ2v) is 5.36. The summed E-state index contributed by atoms with van der Waals surface area (Å²) in [5.41, 5.74) is 3.56. The Morgan fingerprint density at radius 3 is 2.41 bits per heavy atom. The van der Waals surface area contributed by atoms with Crippen LogP contribution in [0.2, 0.25) is 0 Å². The van der Waals surface area contributed by atoms with Gasteiger partial charge in [0.2, 0.25) is 0 Å². The molecule has 103 valence electrons. The fourth-order valence-electron chi connectivity index (χ4n) is 2.90. The average Bonchev–Trinajstić information content (AvgIpc) is 3.15. The summed E-state index contributed by atoms with van der Waals surface area (Å²) in [6.07, 6.45) is 0. The minimum absolute atomic E-state index is 0.827. The number of furan rings is 2. The number of hydrogen-bond donors (Lipinski definition) is 0. The highest BCUT2D eigenvalue weighted by atomic mass is 16.3. The number of rotatable bonds is 1. The maximum absolute atomic E-state index is 5.93. The van der Waals surface area contributed by atoms with Crippen LogP contribution in [0.5, 0.6) is 0 Å². The highest BCUT2D eigenvalue weighted by Gasteiger charge is 2.11. The number of para-hydroxylation sites is 2. The molecule has 0 bridgehead atoms. The fourth-order valence-corrected chi connectivity index (χ4v) is 2.90. The number of hydrogen-bond acceptors (Lipinski definition) is 2. The van der Waals surface area contributed by atoms with Crippen LogP contribution in [-0.2, 0) is 0 Å². The first-order valence-corrected chi connectivity index (χ1v) is 7.21. The molecule has 1 radical (unpaired) electrons. The molecule has 0 aliphatic carbocycles. The lowest BCUT2D eigenvalue weighted by atomic mass is 10.1. The van der Waals surface area contributed by atoms with Crippen LogP contribution in [0.15, 0.2) is 75.6 Å². The largest absolute Gasteiger partial charge is 0.456 e. The van der Waals surface area contributed by atoms with E-state index in [0.717, 1.165) is 44.2 Å². The molecule has 2 nitrogen and oxygen atoms in total. The van der Waals surface area contributed by atoms with E-state index in [9.17, 15) is 0 Å². The summed E-state index contributed by atoms with van der Waals surface area (Å²) in [7, 11) is 0. The highest BCUT2D eigenvalue weighted by molar-refractivity contribution is 6.05. The predicted molar refractivity (Wildman–Crippen MR) is 87.8 cm³/mol. The lowest BCUT2D eigenvalue weighted by Gasteiger charge is -1.96. The molecule has 2 heterocycles. The Hall–Kier alpha value is -3.00. The van der Waals surface area contributed by atoms with Crippen molar-refractivity contribution in [3.05, 3.63) is 72.8 Å². The molecule has 0 saturated heterocycles. The van der Waals surface area contributed by atoms with Crippen molar-refractivity contribution in [2.24, 2.45) is 0 Å². The summed E-state index contributed by atoms with van der Waals surface area (Å²) in [5, 5.41) is 3.17. The molecule has 22 heavy (non-hydrogen) atoms. The van der Waals surface area contributed by atoms with E-state index in [1.165, 1.54) is 0 Å². The van der Waals surface area contributed by atoms with Crippen LogP contribution in [0.1, 0.15) is 0 Å². The third kappa shape index (κ3) is 1.61. The standard InChI is InChI=1S/C20H11O2/c1-3-7-17-13(5-1)12-20(21-17)14-9-10-19-16(11-14)15-6-2-4-8-18(15)22-19/h1-10,12H. The Labute approximate surface area is 126 Å². The summed E-state index contributed by atoms with van der Waals surface area (Å²) in [6.45, 7) is 0. The van der Waals surface area contributed by atoms with E-state index in [4.69, 9.17) is 8.83 Å². The van der Waals surface area contributed by atoms with E-state index in [2.05, 4.69) is 18.2 Å². The van der Waals surface area contributed by atoms with E-state index >= 15 is 0 Å². The van der Waals surface area contributed by atoms with Gasteiger partial charge in [0.25, 0.3) is 0 Å². The molecule has 5 aromatic rings. The molecule has 0 aliphatic rings. The zero-order valence-corrected chi connectivity index (χ0v) is 11.7. The summed E-state index contributed by atoms with van der Waals surface area (Å²) in [6, 6.07) is 25.5. The van der Waals surface area contributed by atoms with E-state index < -0.39 is 0 Å². The maximum Gasteiger partial charge on any atom is 0.136 e. The van der Waals surface area contributed by atoms with E-state index in [0.29, 0.717) is 0 Å². The topological polar surface area (TPSA) is 26.3 Å². The average molecular weight is 283 g/mol. The van der Waals surface area contributed by atoms with Crippen molar-refractivity contribution >= 4 is 32.9 Å². The molecule has 0 unspecified atom stereocenters. The van der Waals surface area contributed by atoms with Crippen LogP contribution in [-0.4, -0.2) is 0 Å². The van der Waals surface area contributed by atoms with Gasteiger partial charge in [-0.25, -0.2) is 0 Å². The molecule has 0 N–H and O–H groups in total. The normalized spacial score (nSPS) is 11.6. The molecule has 0 atom stereocenters. The van der Waals surface area contributed by atoms with Crippen LogP contribution in [0.3, 0.4) is 0 Å². The Bertz CT molecular complexity index is 1100. The van der Waals surface area contributed by atoms with Gasteiger partial charge in [-0.2, -0.15) is 0 Å². The summed E-state index contributed by atoms with van der Waals surface area (Å²) < 4.78 is 11.8. The van der Waals surface area contributed by atoms with E-state index in [1.54, 1.807) is 0 Å². The first kappa shape index (κ1) is 11.6. The van der Waals surface area contributed by atoms with Crippen LogP contribution >= 0.6 is 0 Å². The second kappa shape index (κ2) is 4.25. The molecule has 0 spiro atoms. The molecular weight excluding hydrogens is 272 g/mol. The lowest BCUT2D eigenvalue weighted by molar-refractivity contribution is 0.631. The Morgan fingerprint density at radius 2 is 1.50 bits per heavy atom. The Morgan fingerprint density at radius 1 is 0.682 bits per heavy atom. The second-order valence-electron chi connectivity index (χ2n) is 5.36. The van der Waals surface area contributed by atoms with E-state index in [1.807, 2.05) is 54.6 Å². The zero-order chi connectivity index (χ0) is 14.5. The van der Waals surface area contributed by atoms with Crippen LogP contribution in [0.4, 0.5) is 0 Å². The quantitative estimate of drug-likeness (QED) is 0.388. The van der Waals surface area contributed by atoms with Crippen molar-refractivity contribution in [1.82, 2.24) is 0 Å². The van der Waals surface area contributed by atoms with Gasteiger partial charge in [-0.1, -0.05) is 36.4 Å². The van der Waals surface area contributed by atoms with Gasteiger partial charge in [0, 0.05) is 27.8 Å². The van der Waals surface area contributed by atoms with Crippen molar-refractivity contribution < 1.29 is 8.83 Å². The molecule has 0 fully saturated rings. The van der Waals surface area contributed by atoms with Gasteiger partial charge in [0.15, 0.2) is 0 Å². The minimum atomic E-state index is 0.827. The third-order valence-corrected chi connectivity index (χ3v) is 3.97. The van der Waals surface area contributed by atoms with Gasteiger partial charge in [-0.05, 0) is 30.3 Å². The van der Waals surface area contributed by atoms with Crippen molar-refractivity contribution in [1.29, 1.82) is 0 Å². The molecule has 5 rings (SSSR count). The molecule has 3 aromatic carbocycles. The van der Waals surface area contributed by atoms with Crippen LogP contribution in [0.25, 0.3) is 44.2 Å². The van der Waals surface area contributed by atoms with Crippen LogP contribution < -0.4 is 0 Å². The molecular formula is C20H11O2. The Balaban J connectivity index is 1.78. The van der Waals surface area contributed by atoms with Crippen molar-refractivity contribution in [2.75, 3.05) is 0 Å². The van der Waals surface area contributed by atoms with Crippen LogP contribution in [0, 0.1) is 6.07 Å². The summed E-state index contributed by atoms with van der Waals surface area (Å²) >= 11 is 0. The third-order valence-electron chi connectivity index (χ3n) is 3.97. The van der Waals surface area contributed by atoms with Gasteiger partial charge in [-0.3, -0.25) is 0 Å². The fraction of sp³-hybridized carbons (Fsp3) is 0. The van der Waals surface area contributed by atoms with Gasteiger partial charge in [0.05, 0.1) is 0 Å². The smallest absolute Gasteiger partial charge is 0.136 e. The first-order chi connectivity index (χ1) is 10.9. The summed E-state index contributed by atoms with van der Waals surface area (Å²) in [4.78, 5) is 0.